The predicted molar refractivity (Wildman–Crippen MR) is 80.5 cm³/mol. The van der Waals surface area contributed by atoms with E-state index in [4.69, 9.17) is 4.74 Å². The highest BCUT2D eigenvalue weighted by Gasteiger charge is 2.20. The third-order valence-electron chi connectivity index (χ3n) is 3.14. The molecule has 1 N–H and O–H groups in total. The van der Waals surface area contributed by atoms with E-state index in [-0.39, 0.29) is 5.82 Å². The van der Waals surface area contributed by atoms with Crippen molar-refractivity contribution in [3.63, 3.8) is 0 Å². The van der Waals surface area contributed by atoms with Crippen LogP contribution in [0, 0.1) is 5.82 Å². The van der Waals surface area contributed by atoms with Crippen LogP contribution in [0.3, 0.4) is 0 Å². The SMILES string of the molecule is Fc1cc(CNC2CC2)cc(Oc2cccc(Br)c2)c1. The van der Waals surface area contributed by atoms with Crippen molar-refractivity contribution in [2.75, 3.05) is 0 Å². The summed E-state index contributed by atoms with van der Waals surface area (Å²) < 4.78 is 20.3. The van der Waals surface area contributed by atoms with Crippen molar-refractivity contribution in [1.82, 2.24) is 5.32 Å². The van der Waals surface area contributed by atoms with E-state index in [1.54, 1.807) is 6.07 Å². The monoisotopic (exact) mass is 335 g/mol. The fourth-order valence-electron chi connectivity index (χ4n) is 2.00. The number of hydrogen-bond acceptors (Lipinski definition) is 2. The lowest BCUT2D eigenvalue weighted by atomic mass is 10.2. The maximum atomic E-state index is 13.6. The Morgan fingerprint density at radius 3 is 2.75 bits per heavy atom. The maximum absolute atomic E-state index is 13.6. The minimum absolute atomic E-state index is 0.273. The molecule has 0 amide bonds. The molecule has 0 aliphatic heterocycles. The molecule has 4 heteroatoms. The van der Waals surface area contributed by atoms with Crippen molar-refractivity contribution in [1.29, 1.82) is 0 Å². The van der Waals surface area contributed by atoms with E-state index in [0.29, 0.717) is 24.1 Å². The van der Waals surface area contributed by atoms with Crippen molar-refractivity contribution in [2.24, 2.45) is 0 Å². The van der Waals surface area contributed by atoms with Gasteiger partial charge in [0.05, 0.1) is 0 Å². The standard InChI is InChI=1S/C16H15BrFNO/c17-12-2-1-3-15(8-12)20-16-7-11(6-13(18)9-16)10-19-14-4-5-14/h1-3,6-9,14,19H,4-5,10H2. The van der Waals surface area contributed by atoms with Crippen LogP contribution in [0.2, 0.25) is 0 Å². The third kappa shape index (κ3) is 3.81. The summed E-state index contributed by atoms with van der Waals surface area (Å²) in [7, 11) is 0. The molecule has 20 heavy (non-hydrogen) atoms. The molecule has 0 heterocycles. The van der Waals surface area contributed by atoms with Gasteiger partial charge in [-0.15, -0.1) is 0 Å². The van der Waals surface area contributed by atoms with Crippen LogP contribution in [-0.2, 0) is 6.54 Å². The summed E-state index contributed by atoms with van der Waals surface area (Å²) in [4.78, 5) is 0. The lowest BCUT2D eigenvalue weighted by molar-refractivity contribution is 0.474. The molecule has 0 unspecified atom stereocenters. The summed E-state index contributed by atoms with van der Waals surface area (Å²) in [6.07, 6.45) is 2.44. The number of rotatable bonds is 5. The Hall–Kier alpha value is -1.39. The fourth-order valence-corrected chi connectivity index (χ4v) is 2.38. The molecule has 0 radical (unpaired) electrons. The molecule has 0 atom stereocenters. The minimum atomic E-state index is -0.273. The lowest BCUT2D eigenvalue weighted by Gasteiger charge is -2.09. The van der Waals surface area contributed by atoms with E-state index in [0.717, 1.165) is 10.0 Å². The van der Waals surface area contributed by atoms with Crippen molar-refractivity contribution in [2.45, 2.75) is 25.4 Å². The minimum Gasteiger partial charge on any atom is -0.457 e. The average molecular weight is 336 g/mol. The Bertz CT molecular complexity index is 613. The van der Waals surface area contributed by atoms with Gasteiger partial charge in [0, 0.05) is 23.1 Å². The van der Waals surface area contributed by atoms with Gasteiger partial charge in [-0.25, -0.2) is 4.39 Å². The number of hydrogen-bond donors (Lipinski definition) is 1. The lowest BCUT2D eigenvalue weighted by Crippen LogP contribution is -2.15. The van der Waals surface area contributed by atoms with Gasteiger partial charge in [0.15, 0.2) is 0 Å². The summed E-state index contributed by atoms with van der Waals surface area (Å²) in [6.45, 7) is 0.678. The van der Waals surface area contributed by atoms with E-state index < -0.39 is 0 Å². The molecular formula is C16H15BrFNO. The van der Waals surface area contributed by atoms with Crippen molar-refractivity contribution in [3.05, 3.63) is 58.3 Å². The molecule has 1 saturated carbocycles. The molecule has 3 rings (SSSR count). The largest absolute Gasteiger partial charge is 0.457 e. The van der Waals surface area contributed by atoms with Gasteiger partial charge >= 0.3 is 0 Å². The van der Waals surface area contributed by atoms with E-state index in [1.807, 2.05) is 30.3 Å². The molecule has 1 aliphatic carbocycles. The van der Waals surface area contributed by atoms with Crippen LogP contribution in [0.1, 0.15) is 18.4 Å². The number of benzene rings is 2. The van der Waals surface area contributed by atoms with Gasteiger partial charge in [0.25, 0.3) is 0 Å². The van der Waals surface area contributed by atoms with Crippen LogP contribution in [0.15, 0.2) is 46.9 Å². The molecule has 2 aromatic carbocycles. The highest BCUT2D eigenvalue weighted by molar-refractivity contribution is 9.10. The van der Waals surface area contributed by atoms with Gasteiger partial charge < -0.3 is 10.1 Å². The summed E-state index contributed by atoms with van der Waals surface area (Å²) in [5, 5.41) is 3.37. The second-order valence-corrected chi connectivity index (χ2v) is 5.93. The Morgan fingerprint density at radius 1 is 1.15 bits per heavy atom. The van der Waals surface area contributed by atoms with Crippen LogP contribution in [0.25, 0.3) is 0 Å². The van der Waals surface area contributed by atoms with Crippen LogP contribution >= 0.6 is 15.9 Å². The summed E-state index contributed by atoms with van der Waals surface area (Å²) in [6, 6.07) is 12.9. The van der Waals surface area contributed by atoms with Crippen LogP contribution in [0.5, 0.6) is 11.5 Å². The maximum Gasteiger partial charge on any atom is 0.130 e. The smallest absolute Gasteiger partial charge is 0.130 e. The average Bonchev–Trinajstić information content (AvgIpc) is 3.20. The first-order chi connectivity index (χ1) is 9.69. The zero-order valence-electron chi connectivity index (χ0n) is 10.9. The first kappa shape index (κ1) is 13.6. The second-order valence-electron chi connectivity index (χ2n) is 5.01. The zero-order valence-corrected chi connectivity index (χ0v) is 12.5. The Balaban J connectivity index is 1.74. The highest BCUT2D eigenvalue weighted by Crippen LogP contribution is 2.26. The van der Waals surface area contributed by atoms with Crippen LogP contribution in [-0.4, -0.2) is 6.04 Å². The van der Waals surface area contributed by atoms with Crippen LogP contribution < -0.4 is 10.1 Å². The molecule has 0 aromatic heterocycles. The van der Waals surface area contributed by atoms with Gasteiger partial charge in [0.1, 0.15) is 17.3 Å². The number of halogens is 2. The quantitative estimate of drug-likeness (QED) is 0.859. The molecule has 0 bridgehead atoms. The Labute approximate surface area is 126 Å². The van der Waals surface area contributed by atoms with E-state index in [9.17, 15) is 4.39 Å². The van der Waals surface area contributed by atoms with Gasteiger partial charge in [-0.1, -0.05) is 22.0 Å². The highest BCUT2D eigenvalue weighted by atomic mass is 79.9. The molecule has 0 saturated heterocycles. The molecular weight excluding hydrogens is 321 g/mol. The molecule has 2 aromatic rings. The summed E-state index contributed by atoms with van der Waals surface area (Å²) in [5.41, 5.74) is 0.905. The van der Waals surface area contributed by atoms with E-state index in [1.165, 1.54) is 18.9 Å². The van der Waals surface area contributed by atoms with E-state index >= 15 is 0 Å². The van der Waals surface area contributed by atoms with Gasteiger partial charge in [0.2, 0.25) is 0 Å². The molecule has 104 valence electrons. The number of nitrogens with one attached hydrogen (secondary N) is 1. The molecule has 1 aliphatic rings. The van der Waals surface area contributed by atoms with Crippen molar-refractivity contribution in [3.8, 4) is 11.5 Å². The molecule has 0 spiro atoms. The van der Waals surface area contributed by atoms with Crippen LogP contribution in [0.4, 0.5) is 4.39 Å². The van der Waals surface area contributed by atoms with Crippen molar-refractivity contribution >= 4 is 15.9 Å². The molecule has 1 fully saturated rings. The normalized spacial score (nSPS) is 14.3. The Kier molecular flexibility index (Phi) is 4.03. The zero-order chi connectivity index (χ0) is 13.9. The first-order valence-electron chi connectivity index (χ1n) is 6.65. The third-order valence-corrected chi connectivity index (χ3v) is 3.63. The van der Waals surface area contributed by atoms with Gasteiger partial charge in [-0.3, -0.25) is 0 Å². The summed E-state index contributed by atoms with van der Waals surface area (Å²) in [5.74, 6) is 0.937. The number of ether oxygens (including phenoxy) is 1. The van der Waals surface area contributed by atoms with Gasteiger partial charge in [-0.2, -0.15) is 0 Å². The molecule has 2 nitrogen and oxygen atoms in total. The fraction of sp³-hybridized carbons (Fsp3) is 0.250. The predicted octanol–water partition coefficient (Wildman–Crippen LogP) is 4.63. The Morgan fingerprint density at radius 2 is 2.00 bits per heavy atom. The van der Waals surface area contributed by atoms with E-state index in [2.05, 4.69) is 21.2 Å². The first-order valence-corrected chi connectivity index (χ1v) is 7.44. The summed E-state index contributed by atoms with van der Waals surface area (Å²) >= 11 is 3.39. The second kappa shape index (κ2) is 5.94. The van der Waals surface area contributed by atoms with Gasteiger partial charge in [-0.05, 0) is 48.7 Å². The topological polar surface area (TPSA) is 21.3 Å². The van der Waals surface area contributed by atoms with Crippen molar-refractivity contribution < 1.29 is 9.13 Å².